The van der Waals surface area contributed by atoms with E-state index in [4.69, 9.17) is 0 Å². The molecule has 0 spiro atoms. The molecule has 2 N–H and O–H groups in total. The number of aromatic nitrogens is 3. The van der Waals surface area contributed by atoms with E-state index in [0.717, 1.165) is 42.8 Å². The van der Waals surface area contributed by atoms with E-state index in [9.17, 15) is 0 Å². The van der Waals surface area contributed by atoms with Gasteiger partial charge >= 0.3 is 0 Å². The Labute approximate surface area is 129 Å². The van der Waals surface area contributed by atoms with Gasteiger partial charge in [-0.25, -0.2) is 9.97 Å². The van der Waals surface area contributed by atoms with Gasteiger partial charge < -0.3 is 15.2 Å². The van der Waals surface area contributed by atoms with Crippen LogP contribution in [0.5, 0.6) is 0 Å². The van der Waals surface area contributed by atoms with Crippen molar-refractivity contribution in [1.29, 1.82) is 0 Å². The largest absolute Gasteiger partial charge is 0.371 e. The van der Waals surface area contributed by atoms with E-state index in [1.165, 1.54) is 5.69 Å². The fraction of sp³-hybridized carbons (Fsp3) is 0.294. The number of hydrogen-bond acceptors (Lipinski definition) is 4. The zero-order chi connectivity index (χ0) is 14.8. The molecule has 2 aromatic heterocycles. The van der Waals surface area contributed by atoms with Crippen molar-refractivity contribution in [3.63, 3.8) is 0 Å². The Morgan fingerprint density at radius 2 is 1.86 bits per heavy atom. The number of piperidine rings is 1. The maximum atomic E-state index is 4.39. The first-order chi connectivity index (χ1) is 10.9. The number of para-hydroxylation sites is 1. The molecule has 5 nitrogen and oxygen atoms in total. The van der Waals surface area contributed by atoms with Crippen LogP contribution in [0.4, 0.5) is 11.5 Å². The molecule has 1 aliphatic heterocycles. The highest BCUT2D eigenvalue weighted by atomic mass is 15.2. The van der Waals surface area contributed by atoms with Crippen LogP contribution in [0.25, 0.3) is 11.0 Å². The molecule has 22 heavy (non-hydrogen) atoms. The topological polar surface area (TPSA) is 56.8 Å². The molecular formula is C17H19N5. The highest BCUT2D eigenvalue weighted by Crippen LogP contribution is 2.23. The second kappa shape index (κ2) is 5.67. The van der Waals surface area contributed by atoms with Gasteiger partial charge in [0, 0.05) is 31.0 Å². The van der Waals surface area contributed by atoms with Gasteiger partial charge in [-0.3, -0.25) is 0 Å². The van der Waals surface area contributed by atoms with Gasteiger partial charge in [0.25, 0.3) is 0 Å². The zero-order valence-electron chi connectivity index (χ0n) is 12.4. The van der Waals surface area contributed by atoms with Crippen LogP contribution >= 0.6 is 0 Å². The summed E-state index contributed by atoms with van der Waals surface area (Å²) in [5.74, 6) is 0.935. The zero-order valence-corrected chi connectivity index (χ0v) is 12.4. The molecule has 0 amide bonds. The van der Waals surface area contributed by atoms with Gasteiger partial charge in [-0.1, -0.05) is 18.2 Å². The summed E-state index contributed by atoms with van der Waals surface area (Å²) in [6, 6.07) is 13.1. The summed E-state index contributed by atoms with van der Waals surface area (Å²) in [6.45, 7) is 2.14. The van der Waals surface area contributed by atoms with Crippen molar-refractivity contribution in [2.75, 3.05) is 23.3 Å². The van der Waals surface area contributed by atoms with Crippen LogP contribution in [0, 0.1) is 0 Å². The Bertz CT molecular complexity index is 744. The van der Waals surface area contributed by atoms with Crippen LogP contribution in [-0.2, 0) is 0 Å². The van der Waals surface area contributed by atoms with Gasteiger partial charge in [-0.05, 0) is 31.0 Å². The summed E-state index contributed by atoms with van der Waals surface area (Å²) in [4.78, 5) is 14.2. The lowest BCUT2D eigenvalue weighted by molar-refractivity contribution is 0.526. The molecule has 3 aromatic rings. The third-order valence-corrected chi connectivity index (χ3v) is 4.31. The number of rotatable bonds is 3. The van der Waals surface area contributed by atoms with Crippen molar-refractivity contribution in [1.82, 2.24) is 15.0 Å². The third-order valence-electron chi connectivity index (χ3n) is 4.31. The summed E-state index contributed by atoms with van der Waals surface area (Å²) in [6.07, 6.45) is 5.75. The molecule has 0 bridgehead atoms. The molecule has 1 fully saturated rings. The van der Waals surface area contributed by atoms with Gasteiger partial charge in [0.15, 0.2) is 0 Å². The molecule has 1 saturated heterocycles. The van der Waals surface area contributed by atoms with Crippen molar-refractivity contribution >= 4 is 22.5 Å². The summed E-state index contributed by atoms with van der Waals surface area (Å²) < 4.78 is 0. The minimum atomic E-state index is 0.466. The Morgan fingerprint density at radius 3 is 2.68 bits per heavy atom. The quantitative estimate of drug-likeness (QED) is 0.779. The first-order valence-electron chi connectivity index (χ1n) is 7.75. The van der Waals surface area contributed by atoms with Gasteiger partial charge in [-0.2, -0.15) is 0 Å². The number of anilines is 2. The number of nitrogens with zero attached hydrogens (tertiary/aromatic N) is 3. The standard InChI is InChI=1S/C17H19N5/c1-2-4-14(5-3-1)22-10-7-13(8-11-22)21-17-15-6-9-18-16(15)19-12-20-17/h1-6,9,12-13H,7-8,10-11H2,(H2,18,19,20,21). The second-order valence-corrected chi connectivity index (χ2v) is 5.70. The van der Waals surface area contributed by atoms with Crippen molar-refractivity contribution in [3.8, 4) is 0 Å². The lowest BCUT2D eigenvalue weighted by Crippen LogP contribution is -2.39. The van der Waals surface area contributed by atoms with E-state index in [2.05, 4.69) is 55.5 Å². The maximum absolute atomic E-state index is 4.39. The predicted molar refractivity (Wildman–Crippen MR) is 89.2 cm³/mol. The number of fused-ring (bicyclic) bond motifs is 1. The van der Waals surface area contributed by atoms with Crippen molar-refractivity contribution < 1.29 is 0 Å². The van der Waals surface area contributed by atoms with Crippen molar-refractivity contribution in [2.45, 2.75) is 18.9 Å². The number of aromatic amines is 1. The van der Waals surface area contributed by atoms with Crippen LogP contribution < -0.4 is 10.2 Å². The Morgan fingerprint density at radius 1 is 1.05 bits per heavy atom. The SMILES string of the molecule is c1ccc(N2CCC(Nc3ncnc4[nH]ccc34)CC2)cc1. The molecule has 1 aliphatic rings. The second-order valence-electron chi connectivity index (χ2n) is 5.70. The highest BCUT2D eigenvalue weighted by molar-refractivity contribution is 5.86. The van der Waals surface area contributed by atoms with E-state index in [0.29, 0.717) is 6.04 Å². The number of H-pyrrole nitrogens is 1. The summed E-state index contributed by atoms with van der Waals surface area (Å²) in [5, 5.41) is 4.65. The monoisotopic (exact) mass is 293 g/mol. The average Bonchev–Trinajstić information content (AvgIpc) is 3.06. The minimum absolute atomic E-state index is 0.466. The summed E-state index contributed by atoms with van der Waals surface area (Å²) >= 11 is 0. The molecule has 0 atom stereocenters. The van der Waals surface area contributed by atoms with Crippen molar-refractivity contribution in [2.24, 2.45) is 0 Å². The van der Waals surface area contributed by atoms with Crippen LogP contribution in [-0.4, -0.2) is 34.1 Å². The molecule has 112 valence electrons. The Kier molecular flexibility index (Phi) is 3.39. The highest BCUT2D eigenvalue weighted by Gasteiger charge is 2.20. The van der Waals surface area contributed by atoms with Gasteiger partial charge in [0.05, 0.1) is 5.39 Å². The first kappa shape index (κ1) is 13.1. The normalized spacial score (nSPS) is 16.1. The fourth-order valence-electron chi connectivity index (χ4n) is 3.10. The van der Waals surface area contributed by atoms with Crippen LogP contribution in [0.15, 0.2) is 48.9 Å². The molecule has 3 heterocycles. The van der Waals surface area contributed by atoms with E-state index < -0.39 is 0 Å². The van der Waals surface area contributed by atoms with E-state index in [-0.39, 0.29) is 0 Å². The van der Waals surface area contributed by atoms with Gasteiger partial charge in [-0.15, -0.1) is 0 Å². The van der Waals surface area contributed by atoms with Crippen LogP contribution in [0.1, 0.15) is 12.8 Å². The van der Waals surface area contributed by atoms with Crippen LogP contribution in [0.2, 0.25) is 0 Å². The Balaban J connectivity index is 1.43. The number of nitrogens with one attached hydrogen (secondary N) is 2. The van der Waals surface area contributed by atoms with E-state index in [1.807, 2.05) is 12.3 Å². The fourth-order valence-corrected chi connectivity index (χ4v) is 3.10. The lowest BCUT2D eigenvalue weighted by Gasteiger charge is -2.34. The molecule has 0 radical (unpaired) electrons. The minimum Gasteiger partial charge on any atom is -0.371 e. The molecule has 1 aromatic carbocycles. The third kappa shape index (κ3) is 2.50. The molecular weight excluding hydrogens is 274 g/mol. The molecule has 0 saturated carbocycles. The van der Waals surface area contributed by atoms with Gasteiger partial charge in [0.2, 0.25) is 0 Å². The summed E-state index contributed by atoms with van der Waals surface area (Å²) in [7, 11) is 0. The van der Waals surface area contributed by atoms with Gasteiger partial charge in [0.1, 0.15) is 17.8 Å². The smallest absolute Gasteiger partial charge is 0.142 e. The number of hydrogen-bond donors (Lipinski definition) is 2. The average molecular weight is 293 g/mol. The number of benzene rings is 1. The lowest BCUT2D eigenvalue weighted by atomic mass is 10.0. The predicted octanol–water partition coefficient (Wildman–Crippen LogP) is 3.04. The molecule has 5 heteroatoms. The summed E-state index contributed by atoms with van der Waals surface area (Å²) in [5.41, 5.74) is 2.20. The van der Waals surface area contributed by atoms with Crippen LogP contribution in [0.3, 0.4) is 0 Å². The van der Waals surface area contributed by atoms with E-state index >= 15 is 0 Å². The maximum Gasteiger partial charge on any atom is 0.142 e. The Hall–Kier alpha value is -2.56. The molecule has 4 rings (SSSR count). The first-order valence-corrected chi connectivity index (χ1v) is 7.75. The molecule has 0 aliphatic carbocycles. The van der Waals surface area contributed by atoms with E-state index in [1.54, 1.807) is 6.33 Å². The van der Waals surface area contributed by atoms with Crippen molar-refractivity contribution in [3.05, 3.63) is 48.9 Å². The molecule has 0 unspecified atom stereocenters.